The van der Waals surface area contributed by atoms with E-state index in [2.05, 4.69) is 9.71 Å². The molecular weight excluding hydrogens is 322 g/mol. The molecule has 0 fully saturated rings. The average molecular weight is 342 g/mol. The molecule has 120 valence electrons. The van der Waals surface area contributed by atoms with Gasteiger partial charge in [-0.2, -0.15) is 0 Å². The second-order valence-corrected chi connectivity index (χ2v) is 7.34. The van der Waals surface area contributed by atoms with Crippen LogP contribution in [0.1, 0.15) is 20.3 Å². The van der Waals surface area contributed by atoms with Gasteiger partial charge in [0.15, 0.2) is 0 Å². The molecule has 2 unspecified atom stereocenters. The third-order valence-electron chi connectivity index (χ3n) is 3.90. The molecule has 2 aromatic rings. The van der Waals surface area contributed by atoms with Crippen molar-refractivity contribution >= 4 is 32.4 Å². The van der Waals surface area contributed by atoms with Crippen LogP contribution in [0, 0.1) is 5.92 Å². The normalized spacial score (nSPS) is 14.9. The number of aromatic nitrogens is 1. The molecule has 0 radical (unpaired) electrons. The van der Waals surface area contributed by atoms with E-state index in [4.69, 9.17) is 17.3 Å². The third kappa shape index (κ3) is 3.41. The Bertz CT molecular complexity index is 764. The second-order valence-electron chi connectivity index (χ2n) is 5.30. The Labute approximate surface area is 135 Å². The first-order chi connectivity index (χ1) is 10.4. The summed E-state index contributed by atoms with van der Waals surface area (Å²) in [5.74, 6) is 0.153. The number of halogens is 1. The van der Waals surface area contributed by atoms with E-state index in [1.165, 1.54) is 6.20 Å². The zero-order valence-corrected chi connectivity index (χ0v) is 14.2. The Morgan fingerprint density at radius 1 is 1.32 bits per heavy atom. The summed E-state index contributed by atoms with van der Waals surface area (Å²) in [7, 11) is -3.69. The molecular formula is C15H20ClN3O2S. The molecule has 0 aliphatic carbocycles. The van der Waals surface area contributed by atoms with E-state index >= 15 is 0 Å². The molecule has 1 aromatic carbocycles. The lowest BCUT2D eigenvalue weighted by Gasteiger charge is -2.23. The highest BCUT2D eigenvalue weighted by molar-refractivity contribution is 7.89. The van der Waals surface area contributed by atoms with Crippen LogP contribution < -0.4 is 10.5 Å². The third-order valence-corrected chi connectivity index (χ3v) is 5.75. The molecule has 0 bridgehead atoms. The molecule has 0 saturated carbocycles. The largest absolute Gasteiger partial charge is 0.329 e. The maximum Gasteiger partial charge on any atom is 0.241 e. The quantitative estimate of drug-likeness (QED) is 0.791. The molecule has 0 aliphatic rings. The van der Waals surface area contributed by atoms with Gasteiger partial charge < -0.3 is 5.73 Å². The van der Waals surface area contributed by atoms with Crippen molar-refractivity contribution in [3.05, 3.63) is 35.6 Å². The van der Waals surface area contributed by atoms with Crippen molar-refractivity contribution in [2.75, 3.05) is 6.54 Å². The van der Waals surface area contributed by atoms with Gasteiger partial charge in [-0.3, -0.25) is 0 Å². The molecule has 2 rings (SSSR count). The molecule has 2 atom stereocenters. The number of fused-ring (bicyclic) bond motifs is 1. The lowest BCUT2D eigenvalue weighted by atomic mass is 10.0. The smallest absolute Gasteiger partial charge is 0.241 e. The fourth-order valence-corrected chi connectivity index (χ4v) is 4.12. The molecule has 1 aromatic heterocycles. The number of hydrogen-bond donors (Lipinski definition) is 2. The maximum absolute atomic E-state index is 12.7. The molecule has 0 aliphatic heterocycles. The van der Waals surface area contributed by atoms with E-state index in [0.29, 0.717) is 10.8 Å². The van der Waals surface area contributed by atoms with Gasteiger partial charge in [0.1, 0.15) is 5.15 Å². The van der Waals surface area contributed by atoms with Crippen molar-refractivity contribution in [1.29, 1.82) is 0 Å². The van der Waals surface area contributed by atoms with E-state index in [0.717, 1.165) is 6.42 Å². The van der Waals surface area contributed by atoms with Gasteiger partial charge in [-0.15, -0.1) is 0 Å². The van der Waals surface area contributed by atoms with Gasteiger partial charge in [0, 0.05) is 29.6 Å². The Kier molecular flexibility index (Phi) is 5.39. The summed E-state index contributed by atoms with van der Waals surface area (Å²) in [6, 6.07) is 6.31. The monoisotopic (exact) mass is 341 g/mol. The van der Waals surface area contributed by atoms with Crippen molar-refractivity contribution in [3.63, 3.8) is 0 Å². The number of nitrogens with zero attached hydrogens (tertiary/aromatic N) is 1. The highest BCUT2D eigenvalue weighted by Gasteiger charge is 2.24. The van der Waals surface area contributed by atoms with Gasteiger partial charge in [-0.05, 0) is 18.1 Å². The summed E-state index contributed by atoms with van der Waals surface area (Å²) < 4.78 is 28.1. The first-order valence-corrected chi connectivity index (χ1v) is 9.02. The predicted octanol–water partition coefficient (Wildman–Crippen LogP) is 2.54. The molecule has 1 heterocycles. The maximum atomic E-state index is 12.7. The van der Waals surface area contributed by atoms with Crippen LogP contribution in [0.25, 0.3) is 10.8 Å². The number of nitrogens with one attached hydrogen (secondary N) is 1. The summed E-state index contributed by atoms with van der Waals surface area (Å²) in [5, 5.41) is 1.45. The number of hydrogen-bond acceptors (Lipinski definition) is 4. The molecule has 7 heteroatoms. The second kappa shape index (κ2) is 6.91. The summed E-state index contributed by atoms with van der Waals surface area (Å²) >= 11 is 6.04. The van der Waals surface area contributed by atoms with Gasteiger partial charge >= 0.3 is 0 Å². The summed E-state index contributed by atoms with van der Waals surface area (Å²) in [6.45, 7) is 4.23. The summed E-state index contributed by atoms with van der Waals surface area (Å²) in [6.07, 6.45) is 2.34. The lowest BCUT2D eigenvalue weighted by molar-refractivity contribution is 0.415. The van der Waals surface area contributed by atoms with Crippen LogP contribution in [0.2, 0.25) is 5.15 Å². The van der Waals surface area contributed by atoms with Crippen LogP contribution in [0.4, 0.5) is 0 Å². The lowest BCUT2D eigenvalue weighted by Crippen LogP contribution is -2.44. The van der Waals surface area contributed by atoms with Gasteiger partial charge in [0.25, 0.3) is 0 Å². The Balaban J connectivity index is 2.48. The van der Waals surface area contributed by atoms with Gasteiger partial charge in [-0.1, -0.05) is 44.0 Å². The molecule has 22 heavy (non-hydrogen) atoms. The minimum atomic E-state index is -3.69. The predicted molar refractivity (Wildman–Crippen MR) is 89.4 cm³/mol. The zero-order chi connectivity index (χ0) is 16.3. The average Bonchev–Trinajstić information content (AvgIpc) is 2.51. The highest BCUT2D eigenvalue weighted by Crippen LogP contribution is 2.27. The Hall–Kier alpha value is -1.21. The number of rotatable bonds is 6. The van der Waals surface area contributed by atoms with Crippen LogP contribution >= 0.6 is 11.6 Å². The molecule has 3 N–H and O–H groups in total. The van der Waals surface area contributed by atoms with Crippen molar-refractivity contribution < 1.29 is 8.42 Å². The van der Waals surface area contributed by atoms with Gasteiger partial charge in [-0.25, -0.2) is 18.1 Å². The SMILES string of the molecule is CCC(C)C(CN)NS(=O)(=O)c1cccc2c(Cl)nccc12. The van der Waals surface area contributed by atoms with E-state index < -0.39 is 10.0 Å². The molecule has 0 amide bonds. The van der Waals surface area contributed by atoms with Gasteiger partial charge in [0.05, 0.1) is 4.90 Å². The fraction of sp³-hybridized carbons (Fsp3) is 0.400. The van der Waals surface area contributed by atoms with Crippen molar-refractivity contribution in [2.45, 2.75) is 31.2 Å². The number of nitrogens with two attached hydrogens (primary N) is 1. The Morgan fingerprint density at radius 2 is 2.05 bits per heavy atom. The molecule has 0 spiro atoms. The number of sulfonamides is 1. The van der Waals surface area contributed by atoms with Crippen LogP contribution in [0.3, 0.4) is 0 Å². The van der Waals surface area contributed by atoms with Crippen molar-refractivity contribution in [2.24, 2.45) is 11.7 Å². The topological polar surface area (TPSA) is 85.1 Å². The van der Waals surface area contributed by atoms with Crippen LogP contribution in [0.15, 0.2) is 35.4 Å². The Morgan fingerprint density at radius 3 is 2.68 bits per heavy atom. The van der Waals surface area contributed by atoms with Crippen LogP contribution in [-0.4, -0.2) is 26.0 Å². The van der Waals surface area contributed by atoms with E-state index in [1.54, 1.807) is 24.3 Å². The standard InChI is InChI=1S/C15H20ClN3O2S/c1-3-10(2)13(9-17)19-22(20,21)14-6-4-5-12-11(14)7-8-18-15(12)16/h4-8,10,13,19H,3,9,17H2,1-2H3. The van der Waals surface area contributed by atoms with Gasteiger partial charge in [0.2, 0.25) is 10.0 Å². The summed E-state index contributed by atoms with van der Waals surface area (Å²) in [4.78, 5) is 4.17. The number of benzene rings is 1. The summed E-state index contributed by atoms with van der Waals surface area (Å²) in [5.41, 5.74) is 5.71. The van der Waals surface area contributed by atoms with E-state index in [-0.39, 0.29) is 28.6 Å². The van der Waals surface area contributed by atoms with E-state index in [9.17, 15) is 8.42 Å². The first-order valence-electron chi connectivity index (χ1n) is 7.16. The van der Waals surface area contributed by atoms with Crippen LogP contribution in [-0.2, 0) is 10.0 Å². The zero-order valence-electron chi connectivity index (χ0n) is 12.6. The van der Waals surface area contributed by atoms with Crippen LogP contribution in [0.5, 0.6) is 0 Å². The fourth-order valence-electron chi connectivity index (χ4n) is 2.32. The van der Waals surface area contributed by atoms with E-state index in [1.807, 2.05) is 13.8 Å². The van der Waals surface area contributed by atoms with Crippen molar-refractivity contribution in [3.8, 4) is 0 Å². The number of pyridine rings is 1. The first kappa shape index (κ1) is 17.1. The minimum Gasteiger partial charge on any atom is -0.329 e. The highest BCUT2D eigenvalue weighted by atomic mass is 35.5. The minimum absolute atomic E-state index is 0.153. The van der Waals surface area contributed by atoms with Crippen molar-refractivity contribution in [1.82, 2.24) is 9.71 Å². The molecule has 0 saturated heterocycles. The molecule has 5 nitrogen and oxygen atoms in total.